The molecule has 0 spiro atoms. The van der Waals surface area contributed by atoms with Crippen LogP contribution in [0, 0.1) is 0 Å². The van der Waals surface area contributed by atoms with E-state index in [1.54, 1.807) is 18.2 Å². The van der Waals surface area contributed by atoms with E-state index in [9.17, 15) is 8.42 Å². The third-order valence-corrected chi connectivity index (χ3v) is 2.87. The minimum atomic E-state index is -3.48. The predicted octanol–water partition coefficient (Wildman–Crippen LogP) is 1.90. The second-order valence-electron chi connectivity index (χ2n) is 2.34. The molecule has 0 unspecified atom stereocenters. The number of hydrogen-bond donors (Lipinski definition) is 0. The molecular formula is C7H7Br2NaO3S. The fourth-order valence-corrected chi connectivity index (χ4v) is 2.57. The Morgan fingerprint density at radius 3 is 2.00 bits per heavy atom. The number of hydrogen-bond acceptors (Lipinski definition) is 3. The molecule has 0 saturated carbocycles. The number of halogens is 2. The van der Waals surface area contributed by atoms with E-state index in [0.717, 1.165) is 6.26 Å². The Hall–Kier alpha value is 0.930. The molecule has 1 rings (SSSR count). The van der Waals surface area contributed by atoms with Gasteiger partial charge in [-0.05, 0) is 44.0 Å². The summed E-state index contributed by atoms with van der Waals surface area (Å²) < 4.78 is 27.6. The molecule has 0 aromatic heterocycles. The molecule has 0 bridgehead atoms. The predicted molar refractivity (Wildman–Crippen MR) is 64.5 cm³/mol. The van der Waals surface area contributed by atoms with Crippen LogP contribution >= 0.6 is 31.9 Å². The molecular weight excluding hydrogens is 347 g/mol. The molecule has 0 atom stereocenters. The van der Waals surface area contributed by atoms with Crippen molar-refractivity contribution in [3.63, 3.8) is 0 Å². The molecule has 0 fully saturated rings. The zero-order chi connectivity index (χ0) is 10.1. The van der Waals surface area contributed by atoms with E-state index in [0.29, 0.717) is 8.95 Å². The van der Waals surface area contributed by atoms with Gasteiger partial charge in [-0.3, -0.25) is 0 Å². The first-order chi connectivity index (χ1) is 5.90. The van der Waals surface area contributed by atoms with Crippen LogP contribution in [0.5, 0.6) is 5.75 Å². The summed E-state index contributed by atoms with van der Waals surface area (Å²) in [5.74, 6) is 0.269. The van der Waals surface area contributed by atoms with Crippen LogP contribution in [0.2, 0.25) is 0 Å². The molecule has 0 N–H and O–H groups in total. The van der Waals surface area contributed by atoms with Gasteiger partial charge in [-0.1, -0.05) is 6.07 Å². The summed E-state index contributed by atoms with van der Waals surface area (Å²) in [4.78, 5) is 0. The van der Waals surface area contributed by atoms with E-state index in [1.165, 1.54) is 0 Å². The van der Waals surface area contributed by atoms with Crippen molar-refractivity contribution in [2.45, 2.75) is 0 Å². The first-order valence-electron chi connectivity index (χ1n) is 3.23. The fourth-order valence-electron chi connectivity index (χ4n) is 0.714. The van der Waals surface area contributed by atoms with Crippen LogP contribution in [0.3, 0.4) is 0 Å². The monoisotopic (exact) mass is 352 g/mol. The molecule has 0 radical (unpaired) electrons. The van der Waals surface area contributed by atoms with Crippen molar-refractivity contribution in [3.05, 3.63) is 27.1 Å². The Bertz CT molecular complexity index is 399. The van der Waals surface area contributed by atoms with Gasteiger partial charge in [0, 0.05) is 0 Å². The zero-order valence-electron chi connectivity index (χ0n) is 6.62. The van der Waals surface area contributed by atoms with E-state index in [4.69, 9.17) is 4.18 Å². The Kier molecular flexibility index (Phi) is 6.25. The third-order valence-electron chi connectivity index (χ3n) is 1.15. The van der Waals surface area contributed by atoms with Gasteiger partial charge in [0.1, 0.15) is 0 Å². The molecule has 14 heavy (non-hydrogen) atoms. The maximum absolute atomic E-state index is 10.8. The van der Waals surface area contributed by atoms with Gasteiger partial charge < -0.3 is 4.18 Å². The van der Waals surface area contributed by atoms with E-state index in [-0.39, 0.29) is 35.3 Å². The summed E-state index contributed by atoms with van der Waals surface area (Å²) >= 11 is 6.36. The summed E-state index contributed by atoms with van der Waals surface area (Å²) in [6.45, 7) is 0. The molecule has 74 valence electrons. The fraction of sp³-hybridized carbons (Fsp3) is 0.143. The second kappa shape index (κ2) is 5.86. The van der Waals surface area contributed by atoms with Gasteiger partial charge in [0.2, 0.25) is 0 Å². The van der Waals surface area contributed by atoms with Gasteiger partial charge in [0.25, 0.3) is 0 Å². The van der Waals surface area contributed by atoms with Crippen LogP contribution in [0.1, 0.15) is 0 Å². The van der Waals surface area contributed by atoms with E-state index >= 15 is 0 Å². The molecule has 0 saturated heterocycles. The topological polar surface area (TPSA) is 43.4 Å². The van der Waals surface area contributed by atoms with Gasteiger partial charge in [-0.2, -0.15) is 8.42 Å². The van der Waals surface area contributed by atoms with Crippen molar-refractivity contribution in [3.8, 4) is 5.75 Å². The van der Waals surface area contributed by atoms with Crippen LogP contribution in [0.4, 0.5) is 0 Å². The molecule has 1 aromatic rings. The first kappa shape index (κ1) is 14.9. The van der Waals surface area contributed by atoms with Crippen molar-refractivity contribution >= 4 is 71.5 Å². The van der Waals surface area contributed by atoms with E-state index in [2.05, 4.69) is 31.9 Å². The normalized spacial score (nSPS) is 10.5. The number of para-hydroxylation sites is 1. The number of benzene rings is 1. The molecule has 3 nitrogen and oxygen atoms in total. The summed E-state index contributed by atoms with van der Waals surface area (Å²) in [5.41, 5.74) is 0. The van der Waals surface area contributed by atoms with Gasteiger partial charge in [0.15, 0.2) is 5.75 Å². The zero-order valence-corrected chi connectivity index (χ0v) is 10.6. The van der Waals surface area contributed by atoms with Crippen LogP contribution in [-0.4, -0.2) is 44.2 Å². The van der Waals surface area contributed by atoms with Crippen LogP contribution < -0.4 is 4.18 Å². The Balaban J connectivity index is 0.00000169. The van der Waals surface area contributed by atoms with Crippen molar-refractivity contribution in [2.24, 2.45) is 0 Å². The summed E-state index contributed by atoms with van der Waals surface area (Å²) in [6.07, 6.45) is 0.999. The van der Waals surface area contributed by atoms with Crippen molar-refractivity contribution in [1.29, 1.82) is 0 Å². The average molecular weight is 354 g/mol. The van der Waals surface area contributed by atoms with Crippen molar-refractivity contribution in [2.75, 3.05) is 6.26 Å². The second-order valence-corrected chi connectivity index (χ2v) is 5.62. The van der Waals surface area contributed by atoms with Crippen molar-refractivity contribution < 1.29 is 12.6 Å². The summed E-state index contributed by atoms with van der Waals surface area (Å²) in [6, 6.07) is 5.17. The van der Waals surface area contributed by atoms with E-state index < -0.39 is 10.1 Å². The van der Waals surface area contributed by atoms with E-state index in [1.807, 2.05) is 0 Å². The SMILES string of the molecule is CS(=O)(=O)Oc1c(Br)cccc1Br.[NaH]. The van der Waals surface area contributed by atoms with Crippen LogP contribution in [0.25, 0.3) is 0 Å². The molecule has 0 aliphatic rings. The molecule has 0 aliphatic carbocycles. The van der Waals surface area contributed by atoms with Gasteiger partial charge in [-0.15, -0.1) is 0 Å². The minimum absolute atomic E-state index is 0. The molecule has 0 heterocycles. The Labute approximate surface area is 122 Å². The van der Waals surface area contributed by atoms with Crippen LogP contribution in [0.15, 0.2) is 27.1 Å². The third kappa shape index (κ3) is 4.63. The molecule has 0 aliphatic heterocycles. The van der Waals surface area contributed by atoms with Gasteiger partial charge in [0.05, 0.1) is 15.2 Å². The molecule has 7 heteroatoms. The Morgan fingerprint density at radius 2 is 1.64 bits per heavy atom. The van der Waals surface area contributed by atoms with Crippen molar-refractivity contribution in [1.82, 2.24) is 0 Å². The molecule has 1 aromatic carbocycles. The molecule has 0 amide bonds. The van der Waals surface area contributed by atoms with Gasteiger partial charge >= 0.3 is 39.7 Å². The summed E-state index contributed by atoms with van der Waals surface area (Å²) in [5, 5.41) is 0. The standard InChI is InChI=1S/C7H6Br2O3S.Na.H/c1-13(10,11)12-7-5(8)3-2-4-6(7)9;;/h2-4H,1H3;;. The summed E-state index contributed by atoms with van der Waals surface area (Å²) in [7, 11) is -3.48. The maximum atomic E-state index is 10.8. The Morgan fingerprint density at radius 1 is 1.21 bits per heavy atom. The number of rotatable bonds is 2. The quantitative estimate of drug-likeness (QED) is 0.602. The average Bonchev–Trinajstić information content (AvgIpc) is 1.95. The van der Waals surface area contributed by atoms with Gasteiger partial charge in [-0.25, -0.2) is 0 Å². The first-order valence-corrected chi connectivity index (χ1v) is 6.64. The van der Waals surface area contributed by atoms with Crippen LogP contribution in [-0.2, 0) is 10.1 Å².